The summed E-state index contributed by atoms with van der Waals surface area (Å²) in [5, 5.41) is 0. The van der Waals surface area contributed by atoms with Crippen molar-refractivity contribution in [3.63, 3.8) is 0 Å². The van der Waals surface area contributed by atoms with Crippen LogP contribution >= 0.6 is 0 Å². The van der Waals surface area contributed by atoms with E-state index < -0.39 is 0 Å². The van der Waals surface area contributed by atoms with Crippen molar-refractivity contribution in [3.05, 3.63) is 71.1 Å². The van der Waals surface area contributed by atoms with Crippen LogP contribution in [-0.2, 0) is 0 Å². The van der Waals surface area contributed by atoms with E-state index in [9.17, 15) is 0 Å². The van der Waals surface area contributed by atoms with E-state index in [2.05, 4.69) is 68.8 Å². The first kappa shape index (κ1) is 10.3. The Morgan fingerprint density at radius 2 is 1.59 bits per heavy atom. The van der Waals surface area contributed by atoms with Gasteiger partial charge in [-0.05, 0) is 47.7 Å². The number of aryl methyl sites for hydroxylation is 1. The molecular weight excluding hydrogens is 204 g/mol. The van der Waals surface area contributed by atoms with Crippen molar-refractivity contribution in [2.75, 3.05) is 0 Å². The normalized spacial score (nSPS) is 13.4. The second kappa shape index (κ2) is 3.89. The molecule has 0 heterocycles. The Morgan fingerprint density at radius 1 is 0.824 bits per heavy atom. The van der Waals surface area contributed by atoms with Gasteiger partial charge in [0.05, 0.1) is 0 Å². The summed E-state index contributed by atoms with van der Waals surface area (Å²) in [6, 6.07) is 15.1. The molecule has 0 bridgehead atoms. The maximum Gasteiger partial charge on any atom is 0.0161 e. The van der Waals surface area contributed by atoms with Gasteiger partial charge in [0, 0.05) is 6.42 Å². The van der Waals surface area contributed by atoms with Gasteiger partial charge in [0.25, 0.3) is 0 Å². The predicted molar refractivity (Wildman–Crippen MR) is 73.7 cm³/mol. The fraction of sp³-hybridized carbons (Fsp3) is 0.118. The van der Waals surface area contributed by atoms with Crippen LogP contribution in [0.1, 0.15) is 23.6 Å². The van der Waals surface area contributed by atoms with Crippen LogP contribution in [0.5, 0.6) is 0 Å². The van der Waals surface area contributed by atoms with Crippen molar-refractivity contribution in [2.45, 2.75) is 13.8 Å². The smallest absolute Gasteiger partial charge is 0.0161 e. The molecule has 0 aromatic heterocycles. The molecule has 0 fully saturated rings. The first-order valence-corrected chi connectivity index (χ1v) is 5.97. The van der Waals surface area contributed by atoms with Gasteiger partial charge in [-0.2, -0.15) is 0 Å². The number of hydrogen-bond donors (Lipinski definition) is 0. The lowest BCUT2D eigenvalue weighted by Gasteiger charge is -2.08. The quantitative estimate of drug-likeness (QED) is 0.656. The highest BCUT2D eigenvalue weighted by Gasteiger charge is 2.13. The van der Waals surface area contributed by atoms with Crippen LogP contribution in [0, 0.1) is 13.3 Å². The van der Waals surface area contributed by atoms with Gasteiger partial charge < -0.3 is 0 Å². The van der Waals surface area contributed by atoms with Gasteiger partial charge in [0.2, 0.25) is 0 Å². The lowest BCUT2D eigenvalue weighted by molar-refractivity contribution is 1.39. The third-order valence-corrected chi connectivity index (χ3v) is 3.28. The molecule has 1 radical (unpaired) electrons. The minimum atomic E-state index is 1.29. The molecule has 0 amide bonds. The highest BCUT2D eigenvalue weighted by Crippen LogP contribution is 2.33. The molecule has 0 aliphatic heterocycles. The second-order valence-electron chi connectivity index (χ2n) is 4.69. The zero-order valence-electron chi connectivity index (χ0n) is 10.2. The molecule has 0 saturated carbocycles. The van der Waals surface area contributed by atoms with Crippen LogP contribution < -0.4 is 0 Å². The average molecular weight is 219 g/mol. The summed E-state index contributed by atoms with van der Waals surface area (Å²) in [5.74, 6) is 0. The van der Waals surface area contributed by atoms with Crippen molar-refractivity contribution in [3.8, 4) is 11.1 Å². The molecule has 0 saturated heterocycles. The van der Waals surface area contributed by atoms with E-state index in [0.717, 1.165) is 0 Å². The van der Waals surface area contributed by atoms with Crippen LogP contribution in [0.15, 0.2) is 48.0 Å². The summed E-state index contributed by atoms with van der Waals surface area (Å²) in [7, 11) is 0. The molecule has 0 nitrogen and oxygen atoms in total. The SMILES string of the molecule is CC1=Cc2c(C)cc(-c3ccccc3)cc2[CH]1. The predicted octanol–water partition coefficient (Wildman–Crippen LogP) is 4.63. The molecule has 0 N–H and O–H groups in total. The molecule has 1 aliphatic rings. The van der Waals surface area contributed by atoms with Crippen LogP contribution in [0.4, 0.5) is 0 Å². The van der Waals surface area contributed by atoms with Gasteiger partial charge >= 0.3 is 0 Å². The Balaban J connectivity index is 2.13. The topological polar surface area (TPSA) is 0 Å². The van der Waals surface area contributed by atoms with Crippen molar-refractivity contribution < 1.29 is 0 Å². The molecule has 2 aromatic carbocycles. The highest BCUT2D eigenvalue weighted by molar-refractivity contribution is 5.76. The van der Waals surface area contributed by atoms with Gasteiger partial charge in [0.15, 0.2) is 0 Å². The Bertz CT molecular complexity index is 589. The van der Waals surface area contributed by atoms with Gasteiger partial charge in [0.1, 0.15) is 0 Å². The second-order valence-corrected chi connectivity index (χ2v) is 4.69. The Morgan fingerprint density at radius 3 is 2.35 bits per heavy atom. The van der Waals surface area contributed by atoms with E-state index in [1.54, 1.807) is 0 Å². The number of fused-ring (bicyclic) bond motifs is 1. The van der Waals surface area contributed by atoms with Crippen molar-refractivity contribution in [1.29, 1.82) is 0 Å². The van der Waals surface area contributed by atoms with E-state index in [-0.39, 0.29) is 0 Å². The van der Waals surface area contributed by atoms with Crippen molar-refractivity contribution in [2.24, 2.45) is 0 Å². The Kier molecular flexibility index (Phi) is 2.36. The van der Waals surface area contributed by atoms with Crippen LogP contribution in [0.2, 0.25) is 0 Å². The first-order chi connectivity index (χ1) is 8.24. The molecular formula is C17H15. The van der Waals surface area contributed by atoms with Gasteiger partial charge in [-0.15, -0.1) is 0 Å². The number of hydrogen-bond acceptors (Lipinski definition) is 0. The number of rotatable bonds is 1. The summed E-state index contributed by atoms with van der Waals surface area (Å²) in [5.41, 5.74) is 8.02. The van der Waals surface area contributed by atoms with Gasteiger partial charge in [-0.1, -0.05) is 48.0 Å². The van der Waals surface area contributed by atoms with Gasteiger partial charge in [-0.3, -0.25) is 0 Å². The molecule has 17 heavy (non-hydrogen) atoms. The van der Waals surface area contributed by atoms with E-state index in [1.807, 2.05) is 0 Å². The third kappa shape index (κ3) is 1.80. The molecule has 1 aliphatic carbocycles. The standard InChI is InChI=1S/C17H15/c1-12-8-16-11-15(10-13(2)17(16)9-12)14-6-4-3-5-7-14/h3-11H,1-2H3. The third-order valence-electron chi connectivity index (χ3n) is 3.28. The molecule has 0 spiro atoms. The molecule has 3 rings (SSSR count). The van der Waals surface area contributed by atoms with Gasteiger partial charge in [-0.25, -0.2) is 0 Å². The summed E-state index contributed by atoms with van der Waals surface area (Å²) >= 11 is 0. The lowest BCUT2D eigenvalue weighted by Crippen LogP contribution is -1.88. The molecule has 83 valence electrons. The molecule has 2 aromatic rings. The summed E-state index contributed by atoms with van der Waals surface area (Å²) in [6.45, 7) is 4.34. The first-order valence-electron chi connectivity index (χ1n) is 5.97. The fourth-order valence-electron chi connectivity index (χ4n) is 2.45. The fourth-order valence-corrected chi connectivity index (χ4v) is 2.45. The summed E-state index contributed by atoms with van der Waals surface area (Å²) < 4.78 is 0. The largest absolute Gasteiger partial charge is 0.0642 e. The molecule has 0 atom stereocenters. The van der Waals surface area contributed by atoms with Crippen LogP contribution in [0.3, 0.4) is 0 Å². The molecule has 0 unspecified atom stereocenters. The van der Waals surface area contributed by atoms with Crippen molar-refractivity contribution in [1.82, 2.24) is 0 Å². The number of benzene rings is 2. The summed E-state index contributed by atoms with van der Waals surface area (Å²) in [6.07, 6.45) is 4.52. The molecule has 0 heteroatoms. The van der Waals surface area contributed by atoms with Crippen LogP contribution in [-0.4, -0.2) is 0 Å². The van der Waals surface area contributed by atoms with Crippen LogP contribution in [0.25, 0.3) is 17.2 Å². The maximum atomic E-state index is 2.28. The zero-order chi connectivity index (χ0) is 11.8. The average Bonchev–Trinajstić information content (AvgIpc) is 2.71. The lowest BCUT2D eigenvalue weighted by atomic mass is 9.96. The maximum absolute atomic E-state index is 2.28. The van der Waals surface area contributed by atoms with E-state index in [0.29, 0.717) is 0 Å². The Hall–Kier alpha value is -1.82. The highest BCUT2D eigenvalue weighted by atomic mass is 14.2. The zero-order valence-corrected chi connectivity index (χ0v) is 10.2. The number of allylic oxidation sites excluding steroid dienone is 1. The summed E-state index contributed by atoms with van der Waals surface area (Å²) in [4.78, 5) is 0. The minimum Gasteiger partial charge on any atom is -0.0642 e. The Labute approximate surface area is 103 Å². The van der Waals surface area contributed by atoms with E-state index in [1.165, 1.54) is 33.4 Å². The monoisotopic (exact) mass is 219 g/mol. The van der Waals surface area contributed by atoms with Crippen molar-refractivity contribution >= 4 is 6.08 Å². The van der Waals surface area contributed by atoms with E-state index in [4.69, 9.17) is 0 Å². The van der Waals surface area contributed by atoms with E-state index >= 15 is 0 Å². The minimum absolute atomic E-state index is 1.29.